The average Bonchev–Trinajstić information content (AvgIpc) is 3.39. The molecule has 0 bridgehead atoms. The van der Waals surface area contributed by atoms with Gasteiger partial charge in [-0.05, 0) is 37.5 Å². The summed E-state index contributed by atoms with van der Waals surface area (Å²) in [7, 11) is 1.54. The van der Waals surface area contributed by atoms with Gasteiger partial charge < -0.3 is 14.8 Å². The number of ether oxygens (including phenoxy) is 2. The Morgan fingerprint density at radius 1 is 1.36 bits per heavy atom. The number of methoxy groups -OCH3 is 1. The van der Waals surface area contributed by atoms with Gasteiger partial charge in [0.15, 0.2) is 0 Å². The molecule has 0 saturated heterocycles. The van der Waals surface area contributed by atoms with Crippen molar-refractivity contribution in [2.24, 2.45) is 0 Å². The predicted octanol–water partition coefficient (Wildman–Crippen LogP) is 3.03. The number of carbonyl (C=O) groups excluding carboxylic acids is 2. The molecule has 25 heavy (non-hydrogen) atoms. The van der Waals surface area contributed by atoms with Crippen LogP contribution in [0.4, 0.5) is 4.79 Å². The van der Waals surface area contributed by atoms with Crippen LogP contribution < -0.4 is 5.32 Å². The van der Waals surface area contributed by atoms with Crippen molar-refractivity contribution in [3.05, 3.63) is 46.1 Å². The van der Waals surface area contributed by atoms with Gasteiger partial charge in [-0.1, -0.05) is 23.7 Å². The van der Waals surface area contributed by atoms with Crippen LogP contribution in [-0.2, 0) is 14.3 Å². The second-order valence-corrected chi connectivity index (χ2v) is 6.60. The predicted molar refractivity (Wildman–Crippen MR) is 93.1 cm³/mol. The van der Waals surface area contributed by atoms with Crippen molar-refractivity contribution >= 4 is 23.6 Å². The van der Waals surface area contributed by atoms with Crippen LogP contribution in [0.25, 0.3) is 0 Å². The summed E-state index contributed by atoms with van der Waals surface area (Å²) in [4.78, 5) is 26.9. The SMILES string of the molecule is COCCOC(=O)C1=C(C)N(C2CC2)C(=O)N[C@H]1c1cccc(Cl)c1. The fourth-order valence-corrected chi connectivity index (χ4v) is 3.22. The molecule has 0 aromatic heterocycles. The molecule has 0 spiro atoms. The van der Waals surface area contributed by atoms with E-state index >= 15 is 0 Å². The smallest absolute Gasteiger partial charge is 0.338 e. The third kappa shape index (κ3) is 3.80. The summed E-state index contributed by atoms with van der Waals surface area (Å²) in [5.41, 5.74) is 1.82. The topological polar surface area (TPSA) is 67.9 Å². The van der Waals surface area contributed by atoms with E-state index in [4.69, 9.17) is 21.1 Å². The minimum atomic E-state index is -0.587. The van der Waals surface area contributed by atoms with E-state index in [1.807, 2.05) is 6.07 Å². The second kappa shape index (κ2) is 7.45. The minimum absolute atomic E-state index is 0.155. The molecular formula is C18H21ClN2O4. The summed E-state index contributed by atoms with van der Waals surface area (Å²) in [6.07, 6.45) is 1.89. The van der Waals surface area contributed by atoms with Gasteiger partial charge in [-0.25, -0.2) is 9.59 Å². The van der Waals surface area contributed by atoms with Gasteiger partial charge in [0.1, 0.15) is 6.61 Å². The summed E-state index contributed by atoms with van der Waals surface area (Å²) in [5.74, 6) is -0.454. The molecule has 1 saturated carbocycles. The molecule has 1 heterocycles. The number of hydrogen-bond acceptors (Lipinski definition) is 4. The maximum atomic E-state index is 12.7. The lowest BCUT2D eigenvalue weighted by atomic mass is 9.95. The molecule has 1 aliphatic carbocycles. The Kier molecular flexibility index (Phi) is 5.30. The number of amides is 2. The van der Waals surface area contributed by atoms with Crippen LogP contribution >= 0.6 is 11.6 Å². The van der Waals surface area contributed by atoms with Gasteiger partial charge in [0.05, 0.1) is 18.2 Å². The largest absolute Gasteiger partial charge is 0.460 e. The fourth-order valence-electron chi connectivity index (χ4n) is 3.03. The highest BCUT2D eigenvalue weighted by Crippen LogP contribution is 2.38. The number of allylic oxidation sites excluding steroid dienone is 1. The summed E-state index contributed by atoms with van der Waals surface area (Å²) in [6, 6.07) is 6.49. The number of halogens is 1. The Hall–Kier alpha value is -2.05. The van der Waals surface area contributed by atoms with E-state index in [9.17, 15) is 9.59 Å². The number of nitrogens with zero attached hydrogens (tertiary/aromatic N) is 1. The molecule has 3 rings (SSSR count). The van der Waals surface area contributed by atoms with Crippen LogP contribution in [0.15, 0.2) is 35.5 Å². The van der Waals surface area contributed by atoms with Crippen molar-refractivity contribution in [1.82, 2.24) is 10.2 Å². The highest BCUT2D eigenvalue weighted by atomic mass is 35.5. The Labute approximate surface area is 151 Å². The number of benzene rings is 1. The average molecular weight is 365 g/mol. The highest BCUT2D eigenvalue weighted by molar-refractivity contribution is 6.30. The monoisotopic (exact) mass is 364 g/mol. The molecule has 1 fully saturated rings. The Morgan fingerprint density at radius 2 is 2.12 bits per heavy atom. The minimum Gasteiger partial charge on any atom is -0.460 e. The van der Waals surface area contributed by atoms with Crippen LogP contribution in [0.3, 0.4) is 0 Å². The van der Waals surface area contributed by atoms with Gasteiger partial charge in [0, 0.05) is 23.9 Å². The molecule has 1 atom stereocenters. The van der Waals surface area contributed by atoms with Crippen molar-refractivity contribution < 1.29 is 19.1 Å². The quantitative estimate of drug-likeness (QED) is 0.622. The molecule has 0 unspecified atom stereocenters. The maximum Gasteiger partial charge on any atom is 0.338 e. The van der Waals surface area contributed by atoms with E-state index in [-0.39, 0.29) is 18.7 Å². The van der Waals surface area contributed by atoms with E-state index in [2.05, 4.69) is 5.32 Å². The number of esters is 1. The standard InChI is InChI=1S/C18H21ClN2O4/c1-11-15(17(22)25-9-8-24-2)16(12-4-3-5-13(19)10-12)20-18(23)21(11)14-6-7-14/h3-5,10,14,16H,6-9H2,1-2H3,(H,20,23)/t16-/m0/s1. The van der Waals surface area contributed by atoms with Gasteiger partial charge in [-0.2, -0.15) is 0 Å². The van der Waals surface area contributed by atoms with Crippen molar-refractivity contribution in [2.45, 2.75) is 31.8 Å². The van der Waals surface area contributed by atoms with Gasteiger partial charge in [-0.3, -0.25) is 4.90 Å². The number of hydrogen-bond donors (Lipinski definition) is 1. The zero-order valence-corrected chi connectivity index (χ0v) is 15.0. The van der Waals surface area contributed by atoms with Crippen LogP contribution in [0.5, 0.6) is 0 Å². The van der Waals surface area contributed by atoms with Crippen LogP contribution in [0, 0.1) is 0 Å². The molecule has 1 aromatic carbocycles. The lowest BCUT2D eigenvalue weighted by Gasteiger charge is -2.35. The number of carbonyl (C=O) groups is 2. The molecule has 0 radical (unpaired) electrons. The summed E-state index contributed by atoms with van der Waals surface area (Å²) in [5, 5.41) is 3.46. The first-order chi connectivity index (χ1) is 12.0. The van der Waals surface area contributed by atoms with Gasteiger partial charge >= 0.3 is 12.0 Å². The third-order valence-electron chi connectivity index (χ3n) is 4.36. The van der Waals surface area contributed by atoms with Crippen molar-refractivity contribution in [3.63, 3.8) is 0 Å². The summed E-state index contributed by atoms with van der Waals surface area (Å²) >= 11 is 6.08. The number of rotatable bonds is 6. The molecule has 6 nitrogen and oxygen atoms in total. The number of urea groups is 1. The Morgan fingerprint density at radius 3 is 2.76 bits per heavy atom. The first-order valence-corrected chi connectivity index (χ1v) is 8.62. The van der Waals surface area contributed by atoms with Crippen molar-refractivity contribution in [2.75, 3.05) is 20.3 Å². The molecule has 1 N–H and O–H groups in total. The normalized spacial score (nSPS) is 20.5. The molecular weight excluding hydrogens is 344 g/mol. The first kappa shape index (κ1) is 17.8. The van der Waals surface area contributed by atoms with Crippen LogP contribution in [0.2, 0.25) is 5.02 Å². The van der Waals surface area contributed by atoms with Crippen molar-refractivity contribution in [3.8, 4) is 0 Å². The molecule has 1 aliphatic heterocycles. The first-order valence-electron chi connectivity index (χ1n) is 8.25. The third-order valence-corrected chi connectivity index (χ3v) is 4.60. The van der Waals surface area contributed by atoms with E-state index in [1.165, 1.54) is 0 Å². The van der Waals surface area contributed by atoms with E-state index < -0.39 is 12.0 Å². The van der Waals surface area contributed by atoms with Crippen molar-refractivity contribution in [1.29, 1.82) is 0 Å². The van der Waals surface area contributed by atoms with E-state index in [0.29, 0.717) is 22.9 Å². The van der Waals surface area contributed by atoms with Gasteiger partial charge in [0.2, 0.25) is 0 Å². The Balaban J connectivity index is 1.97. The molecule has 2 aliphatic rings. The van der Waals surface area contributed by atoms with E-state index in [0.717, 1.165) is 18.4 Å². The maximum absolute atomic E-state index is 12.7. The summed E-state index contributed by atoms with van der Waals surface area (Å²) in [6.45, 7) is 2.27. The van der Waals surface area contributed by atoms with E-state index in [1.54, 1.807) is 37.1 Å². The van der Waals surface area contributed by atoms with Crippen LogP contribution in [0.1, 0.15) is 31.4 Å². The molecule has 1 aromatic rings. The zero-order chi connectivity index (χ0) is 18.0. The highest BCUT2D eigenvalue weighted by Gasteiger charge is 2.42. The van der Waals surface area contributed by atoms with Crippen LogP contribution in [-0.4, -0.2) is 43.3 Å². The zero-order valence-electron chi connectivity index (χ0n) is 14.3. The molecule has 2 amide bonds. The molecule has 134 valence electrons. The number of nitrogens with one attached hydrogen (secondary N) is 1. The Bertz CT molecular complexity index is 715. The lowest BCUT2D eigenvalue weighted by molar-refractivity contribution is -0.140. The lowest BCUT2D eigenvalue weighted by Crippen LogP contribution is -2.49. The second-order valence-electron chi connectivity index (χ2n) is 6.17. The fraction of sp³-hybridized carbons (Fsp3) is 0.444. The van der Waals surface area contributed by atoms with Gasteiger partial charge in [-0.15, -0.1) is 0 Å². The molecule has 7 heteroatoms. The van der Waals surface area contributed by atoms with Gasteiger partial charge in [0.25, 0.3) is 0 Å². The summed E-state index contributed by atoms with van der Waals surface area (Å²) < 4.78 is 10.3.